The summed E-state index contributed by atoms with van der Waals surface area (Å²) >= 11 is 3.00. The fourth-order valence-electron chi connectivity index (χ4n) is 1.85. The standard InChI is InChI=1S/C12H15BrF2O/c1-3-7-12(16,4-2)10-9(14)6-5-8(13)11(10)15/h5-6,16H,3-4,7H2,1-2H3. The van der Waals surface area contributed by atoms with E-state index in [1.54, 1.807) is 6.92 Å². The van der Waals surface area contributed by atoms with Crippen LogP contribution in [0.1, 0.15) is 38.7 Å². The van der Waals surface area contributed by atoms with Crippen molar-refractivity contribution in [1.82, 2.24) is 0 Å². The van der Waals surface area contributed by atoms with Gasteiger partial charge in [0.05, 0.1) is 15.6 Å². The van der Waals surface area contributed by atoms with E-state index >= 15 is 0 Å². The van der Waals surface area contributed by atoms with E-state index < -0.39 is 17.2 Å². The molecule has 0 bridgehead atoms. The Morgan fingerprint density at radius 1 is 1.31 bits per heavy atom. The van der Waals surface area contributed by atoms with E-state index in [-0.39, 0.29) is 16.5 Å². The van der Waals surface area contributed by atoms with Gasteiger partial charge in [-0.25, -0.2) is 8.78 Å². The van der Waals surface area contributed by atoms with Crippen LogP contribution in [-0.4, -0.2) is 5.11 Å². The highest BCUT2D eigenvalue weighted by Gasteiger charge is 2.33. The van der Waals surface area contributed by atoms with Gasteiger partial charge in [0.15, 0.2) is 0 Å². The largest absolute Gasteiger partial charge is 0.385 e. The normalized spacial score (nSPS) is 14.9. The molecule has 1 nitrogen and oxygen atoms in total. The first-order valence-electron chi connectivity index (χ1n) is 5.32. The van der Waals surface area contributed by atoms with E-state index in [2.05, 4.69) is 15.9 Å². The molecule has 16 heavy (non-hydrogen) atoms. The van der Waals surface area contributed by atoms with E-state index in [1.807, 2.05) is 6.92 Å². The van der Waals surface area contributed by atoms with Crippen molar-refractivity contribution < 1.29 is 13.9 Å². The fraction of sp³-hybridized carbons (Fsp3) is 0.500. The Balaban J connectivity index is 3.34. The Hall–Kier alpha value is -0.480. The van der Waals surface area contributed by atoms with Gasteiger partial charge in [0.2, 0.25) is 0 Å². The molecule has 0 aliphatic heterocycles. The van der Waals surface area contributed by atoms with Crippen molar-refractivity contribution in [3.63, 3.8) is 0 Å². The Labute approximate surface area is 103 Å². The quantitative estimate of drug-likeness (QED) is 0.828. The van der Waals surface area contributed by atoms with Gasteiger partial charge in [-0.15, -0.1) is 0 Å². The molecule has 0 saturated heterocycles. The maximum absolute atomic E-state index is 13.8. The third-order valence-electron chi connectivity index (χ3n) is 2.76. The summed E-state index contributed by atoms with van der Waals surface area (Å²) in [5, 5.41) is 10.3. The predicted octanol–water partition coefficient (Wildman–Crippen LogP) is 4.13. The van der Waals surface area contributed by atoms with Crippen molar-refractivity contribution in [2.45, 2.75) is 38.7 Å². The van der Waals surface area contributed by atoms with Gasteiger partial charge in [-0.3, -0.25) is 0 Å². The second kappa shape index (κ2) is 5.23. The summed E-state index contributed by atoms with van der Waals surface area (Å²) in [5.41, 5.74) is -1.65. The van der Waals surface area contributed by atoms with Crippen molar-refractivity contribution in [1.29, 1.82) is 0 Å². The first-order valence-corrected chi connectivity index (χ1v) is 6.12. The number of halogens is 3. The fourth-order valence-corrected chi connectivity index (χ4v) is 2.18. The number of hydrogen-bond donors (Lipinski definition) is 1. The minimum Gasteiger partial charge on any atom is -0.385 e. The maximum Gasteiger partial charge on any atom is 0.146 e. The molecule has 0 saturated carbocycles. The zero-order valence-electron chi connectivity index (χ0n) is 9.36. The summed E-state index contributed by atoms with van der Waals surface area (Å²) < 4.78 is 27.6. The molecule has 1 atom stereocenters. The van der Waals surface area contributed by atoms with Gasteiger partial charge in [-0.2, -0.15) is 0 Å². The van der Waals surface area contributed by atoms with E-state index in [4.69, 9.17) is 0 Å². The summed E-state index contributed by atoms with van der Waals surface area (Å²) in [6.45, 7) is 3.59. The summed E-state index contributed by atoms with van der Waals surface area (Å²) in [4.78, 5) is 0. The molecule has 0 amide bonds. The summed E-state index contributed by atoms with van der Waals surface area (Å²) in [6, 6.07) is 2.47. The van der Waals surface area contributed by atoms with Gasteiger partial charge >= 0.3 is 0 Å². The molecule has 0 fully saturated rings. The van der Waals surface area contributed by atoms with Crippen LogP contribution < -0.4 is 0 Å². The topological polar surface area (TPSA) is 20.2 Å². The van der Waals surface area contributed by atoms with Crippen molar-refractivity contribution in [3.8, 4) is 0 Å². The summed E-state index contributed by atoms with van der Waals surface area (Å²) in [7, 11) is 0. The minimum absolute atomic E-state index is 0.173. The Kier molecular flexibility index (Phi) is 4.44. The molecule has 1 rings (SSSR count). The van der Waals surface area contributed by atoms with Crippen LogP contribution in [0.3, 0.4) is 0 Å². The van der Waals surface area contributed by atoms with E-state index in [0.29, 0.717) is 12.8 Å². The van der Waals surface area contributed by atoms with Crippen LogP contribution in [0, 0.1) is 11.6 Å². The van der Waals surface area contributed by atoms with Crippen molar-refractivity contribution >= 4 is 15.9 Å². The molecule has 0 aromatic heterocycles. The van der Waals surface area contributed by atoms with Gasteiger partial charge in [-0.05, 0) is 40.9 Å². The molecule has 1 aromatic carbocycles. The average Bonchev–Trinajstić information content (AvgIpc) is 2.24. The van der Waals surface area contributed by atoms with Crippen molar-refractivity contribution in [2.24, 2.45) is 0 Å². The first-order chi connectivity index (χ1) is 7.46. The van der Waals surface area contributed by atoms with Crippen LogP contribution in [0.2, 0.25) is 0 Å². The van der Waals surface area contributed by atoms with Crippen molar-refractivity contribution in [2.75, 3.05) is 0 Å². The average molecular weight is 293 g/mol. The number of hydrogen-bond acceptors (Lipinski definition) is 1. The second-order valence-corrected chi connectivity index (χ2v) is 4.71. The zero-order chi connectivity index (χ0) is 12.3. The van der Waals surface area contributed by atoms with E-state index in [0.717, 1.165) is 0 Å². The van der Waals surface area contributed by atoms with Crippen LogP contribution in [0.15, 0.2) is 16.6 Å². The maximum atomic E-state index is 13.8. The highest BCUT2D eigenvalue weighted by Crippen LogP contribution is 2.36. The molecule has 0 aliphatic carbocycles. The Bertz CT molecular complexity index is 382. The highest BCUT2D eigenvalue weighted by atomic mass is 79.9. The van der Waals surface area contributed by atoms with Gasteiger partial charge in [0.1, 0.15) is 11.6 Å². The SMILES string of the molecule is CCCC(O)(CC)c1c(F)ccc(Br)c1F. The molecule has 0 spiro atoms. The van der Waals surface area contributed by atoms with Crippen molar-refractivity contribution in [3.05, 3.63) is 33.8 Å². The van der Waals surface area contributed by atoms with E-state index in [9.17, 15) is 13.9 Å². The van der Waals surface area contributed by atoms with Crippen LogP contribution >= 0.6 is 15.9 Å². The third kappa shape index (κ3) is 2.43. The molecule has 0 aliphatic rings. The second-order valence-electron chi connectivity index (χ2n) is 3.85. The highest BCUT2D eigenvalue weighted by molar-refractivity contribution is 9.10. The lowest BCUT2D eigenvalue weighted by molar-refractivity contribution is 0.0154. The predicted molar refractivity (Wildman–Crippen MR) is 63.2 cm³/mol. The molecule has 0 heterocycles. The minimum atomic E-state index is -1.42. The Morgan fingerprint density at radius 3 is 2.44 bits per heavy atom. The molecule has 1 N–H and O–H groups in total. The number of aliphatic hydroxyl groups is 1. The van der Waals surface area contributed by atoms with Gasteiger partial charge < -0.3 is 5.11 Å². The molecule has 1 unspecified atom stereocenters. The molecule has 4 heteroatoms. The lowest BCUT2D eigenvalue weighted by atomic mass is 9.86. The van der Waals surface area contributed by atoms with Crippen LogP contribution in [0.5, 0.6) is 0 Å². The molecular formula is C12H15BrF2O. The molecule has 90 valence electrons. The lowest BCUT2D eigenvalue weighted by Gasteiger charge is -2.28. The zero-order valence-corrected chi connectivity index (χ0v) is 10.9. The Morgan fingerprint density at radius 2 is 1.94 bits per heavy atom. The van der Waals surface area contributed by atoms with Gasteiger partial charge in [0.25, 0.3) is 0 Å². The number of rotatable bonds is 4. The monoisotopic (exact) mass is 292 g/mol. The third-order valence-corrected chi connectivity index (χ3v) is 3.37. The summed E-state index contributed by atoms with van der Waals surface area (Å²) in [6.07, 6.45) is 1.29. The molecular weight excluding hydrogens is 278 g/mol. The van der Waals surface area contributed by atoms with Gasteiger partial charge in [0, 0.05) is 0 Å². The van der Waals surface area contributed by atoms with Crippen LogP contribution in [-0.2, 0) is 5.60 Å². The van der Waals surface area contributed by atoms with Gasteiger partial charge in [-0.1, -0.05) is 20.3 Å². The van der Waals surface area contributed by atoms with Crippen LogP contribution in [0.25, 0.3) is 0 Å². The summed E-state index contributed by atoms with van der Waals surface area (Å²) in [5.74, 6) is -1.41. The molecule has 0 radical (unpaired) electrons. The lowest BCUT2D eigenvalue weighted by Crippen LogP contribution is -2.27. The number of benzene rings is 1. The first kappa shape index (κ1) is 13.6. The molecule has 1 aromatic rings. The van der Waals surface area contributed by atoms with E-state index in [1.165, 1.54) is 12.1 Å². The van der Waals surface area contributed by atoms with Crippen LogP contribution in [0.4, 0.5) is 8.78 Å². The smallest absolute Gasteiger partial charge is 0.146 e.